The van der Waals surface area contributed by atoms with E-state index in [2.05, 4.69) is 4.98 Å². The van der Waals surface area contributed by atoms with E-state index in [1.807, 2.05) is 11.8 Å². The van der Waals surface area contributed by atoms with Gasteiger partial charge in [-0.3, -0.25) is 4.79 Å². The molecule has 1 atom stereocenters. The normalized spacial score (nSPS) is 20.9. The third-order valence-corrected chi connectivity index (χ3v) is 3.04. The van der Waals surface area contributed by atoms with Gasteiger partial charge in [0.05, 0.1) is 5.56 Å². The standard InChI is InChI=1S/C12H15FN2O/c1-9-4-2-3-7-15(9)12(16)10-5-6-11(13)14-8-10/h5-6,8-9H,2-4,7H2,1H3. The van der Waals surface area contributed by atoms with E-state index in [1.165, 1.54) is 24.8 Å². The molecule has 4 heteroatoms. The van der Waals surface area contributed by atoms with E-state index in [1.54, 1.807) is 0 Å². The quantitative estimate of drug-likeness (QED) is 0.683. The van der Waals surface area contributed by atoms with Crippen molar-refractivity contribution >= 4 is 5.91 Å². The first-order valence-corrected chi connectivity index (χ1v) is 5.61. The summed E-state index contributed by atoms with van der Waals surface area (Å²) in [6.45, 7) is 2.84. The van der Waals surface area contributed by atoms with Crippen LogP contribution in [0.2, 0.25) is 0 Å². The predicted octanol–water partition coefficient (Wildman–Crippen LogP) is 2.24. The van der Waals surface area contributed by atoms with Crippen molar-refractivity contribution in [2.75, 3.05) is 6.54 Å². The van der Waals surface area contributed by atoms with Gasteiger partial charge in [-0.1, -0.05) is 0 Å². The number of aromatic nitrogens is 1. The summed E-state index contributed by atoms with van der Waals surface area (Å²) in [4.78, 5) is 17.4. The molecule has 0 bridgehead atoms. The minimum atomic E-state index is -0.553. The molecule has 0 saturated carbocycles. The van der Waals surface area contributed by atoms with Crippen LogP contribution in [-0.2, 0) is 0 Å². The molecule has 0 spiro atoms. The van der Waals surface area contributed by atoms with Crippen molar-refractivity contribution in [3.05, 3.63) is 29.8 Å². The van der Waals surface area contributed by atoms with Crippen LogP contribution in [0.15, 0.2) is 18.3 Å². The average molecular weight is 222 g/mol. The molecule has 2 rings (SSSR count). The predicted molar refractivity (Wildman–Crippen MR) is 58.5 cm³/mol. The number of hydrogen-bond acceptors (Lipinski definition) is 2. The SMILES string of the molecule is CC1CCCCN1C(=O)c1ccc(F)nc1. The molecule has 0 N–H and O–H groups in total. The lowest BCUT2D eigenvalue weighted by Crippen LogP contribution is -2.42. The molecule has 1 saturated heterocycles. The highest BCUT2D eigenvalue weighted by molar-refractivity contribution is 5.94. The molecule has 0 aliphatic carbocycles. The summed E-state index contributed by atoms with van der Waals surface area (Å²) >= 11 is 0. The van der Waals surface area contributed by atoms with Crippen LogP contribution in [0.25, 0.3) is 0 Å². The summed E-state index contributed by atoms with van der Waals surface area (Å²) in [5.74, 6) is -0.594. The molecular weight excluding hydrogens is 207 g/mol. The number of carbonyl (C=O) groups is 1. The molecule has 1 aromatic heterocycles. The van der Waals surface area contributed by atoms with Gasteiger partial charge in [-0.25, -0.2) is 4.98 Å². The first-order chi connectivity index (χ1) is 7.68. The average Bonchev–Trinajstić information content (AvgIpc) is 2.30. The molecule has 2 heterocycles. The second kappa shape index (κ2) is 4.60. The Morgan fingerprint density at radius 1 is 1.50 bits per heavy atom. The second-order valence-corrected chi connectivity index (χ2v) is 4.21. The summed E-state index contributed by atoms with van der Waals surface area (Å²) in [6, 6.07) is 2.99. The molecule has 86 valence electrons. The van der Waals surface area contributed by atoms with Gasteiger partial charge in [0.15, 0.2) is 0 Å². The minimum Gasteiger partial charge on any atom is -0.336 e. The van der Waals surface area contributed by atoms with Crippen LogP contribution in [0, 0.1) is 5.95 Å². The van der Waals surface area contributed by atoms with Crippen LogP contribution in [0.5, 0.6) is 0 Å². The second-order valence-electron chi connectivity index (χ2n) is 4.21. The monoisotopic (exact) mass is 222 g/mol. The van der Waals surface area contributed by atoms with Crippen LogP contribution in [0.4, 0.5) is 4.39 Å². The van der Waals surface area contributed by atoms with Gasteiger partial charge < -0.3 is 4.90 Å². The van der Waals surface area contributed by atoms with Crippen molar-refractivity contribution in [3.63, 3.8) is 0 Å². The van der Waals surface area contributed by atoms with Gasteiger partial charge in [-0.15, -0.1) is 0 Å². The topological polar surface area (TPSA) is 33.2 Å². The smallest absolute Gasteiger partial charge is 0.255 e. The lowest BCUT2D eigenvalue weighted by molar-refractivity contribution is 0.0635. The Morgan fingerprint density at radius 2 is 2.31 bits per heavy atom. The zero-order valence-electron chi connectivity index (χ0n) is 9.32. The summed E-state index contributed by atoms with van der Waals surface area (Å²) in [7, 11) is 0. The number of likely N-dealkylation sites (tertiary alicyclic amines) is 1. The molecule has 3 nitrogen and oxygen atoms in total. The first-order valence-electron chi connectivity index (χ1n) is 5.61. The van der Waals surface area contributed by atoms with E-state index < -0.39 is 5.95 Å². The van der Waals surface area contributed by atoms with Gasteiger partial charge in [-0.2, -0.15) is 4.39 Å². The van der Waals surface area contributed by atoms with Crippen molar-refractivity contribution in [2.45, 2.75) is 32.2 Å². The molecule has 1 aromatic rings. The summed E-state index contributed by atoms with van der Waals surface area (Å²) in [6.07, 6.45) is 4.57. The maximum Gasteiger partial charge on any atom is 0.255 e. The molecule has 1 fully saturated rings. The van der Waals surface area contributed by atoms with Crippen molar-refractivity contribution in [1.29, 1.82) is 0 Å². The van der Waals surface area contributed by atoms with Crippen molar-refractivity contribution < 1.29 is 9.18 Å². The highest BCUT2D eigenvalue weighted by atomic mass is 19.1. The molecule has 1 amide bonds. The Hall–Kier alpha value is -1.45. The van der Waals surface area contributed by atoms with E-state index in [4.69, 9.17) is 0 Å². The van der Waals surface area contributed by atoms with Crippen LogP contribution >= 0.6 is 0 Å². The zero-order chi connectivity index (χ0) is 11.5. The highest BCUT2D eigenvalue weighted by Gasteiger charge is 2.24. The Labute approximate surface area is 94.3 Å². The number of halogens is 1. The zero-order valence-corrected chi connectivity index (χ0v) is 9.32. The van der Waals surface area contributed by atoms with E-state index in [9.17, 15) is 9.18 Å². The fourth-order valence-corrected chi connectivity index (χ4v) is 2.07. The third kappa shape index (κ3) is 2.21. The number of pyridine rings is 1. The molecule has 0 aromatic carbocycles. The van der Waals surface area contributed by atoms with Gasteiger partial charge in [0.25, 0.3) is 5.91 Å². The maximum absolute atomic E-state index is 12.6. The van der Waals surface area contributed by atoms with E-state index in [-0.39, 0.29) is 11.9 Å². The number of amides is 1. The molecule has 1 unspecified atom stereocenters. The van der Waals surface area contributed by atoms with Crippen molar-refractivity contribution in [1.82, 2.24) is 9.88 Å². The van der Waals surface area contributed by atoms with Gasteiger partial charge in [-0.05, 0) is 38.3 Å². The van der Waals surface area contributed by atoms with Crippen LogP contribution in [0.1, 0.15) is 36.5 Å². The van der Waals surface area contributed by atoms with Gasteiger partial charge in [0.1, 0.15) is 0 Å². The Bertz CT molecular complexity index is 377. The van der Waals surface area contributed by atoms with Crippen LogP contribution in [-0.4, -0.2) is 28.4 Å². The molecule has 0 radical (unpaired) electrons. The van der Waals surface area contributed by atoms with E-state index in [0.717, 1.165) is 19.4 Å². The number of rotatable bonds is 1. The number of carbonyl (C=O) groups excluding carboxylic acids is 1. The highest BCUT2D eigenvalue weighted by Crippen LogP contribution is 2.18. The van der Waals surface area contributed by atoms with Crippen LogP contribution in [0.3, 0.4) is 0 Å². The lowest BCUT2D eigenvalue weighted by atomic mass is 10.0. The fourth-order valence-electron chi connectivity index (χ4n) is 2.07. The number of hydrogen-bond donors (Lipinski definition) is 0. The number of nitrogens with zero attached hydrogens (tertiary/aromatic N) is 2. The van der Waals surface area contributed by atoms with Crippen molar-refractivity contribution in [2.24, 2.45) is 0 Å². The summed E-state index contributed by atoms with van der Waals surface area (Å²) < 4.78 is 12.6. The van der Waals surface area contributed by atoms with E-state index in [0.29, 0.717) is 5.56 Å². The summed E-state index contributed by atoms with van der Waals surface area (Å²) in [5, 5.41) is 0. The largest absolute Gasteiger partial charge is 0.336 e. The molecule has 1 aliphatic heterocycles. The van der Waals surface area contributed by atoms with E-state index >= 15 is 0 Å². The van der Waals surface area contributed by atoms with Gasteiger partial charge in [0.2, 0.25) is 5.95 Å². The Morgan fingerprint density at radius 3 is 2.94 bits per heavy atom. The first kappa shape index (κ1) is 11.0. The number of piperidine rings is 1. The van der Waals surface area contributed by atoms with Gasteiger partial charge >= 0.3 is 0 Å². The minimum absolute atomic E-state index is 0.0419. The Balaban J connectivity index is 2.14. The summed E-state index contributed by atoms with van der Waals surface area (Å²) in [5.41, 5.74) is 0.468. The fraction of sp³-hybridized carbons (Fsp3) is 0.500. The Kier molecular flexibility index (Phi) is 3.17. The third-order valence-electron chi connectivity index (χ3n) is 3.04. The molecule has 16 heavy (non-hydrogen) atoms. The van der Waals surface area contributed by atoms with Gasteiger partial charge in [0, 0.05) is 18.8 Å². The molecule has 1 aliphatic rings. The van der Waals surface area contributed by atoms with Crippen molar-refractivity contribution in [3.8, 4) is 0 Å². The molecular formula is C12H15FN2O. The maximum atomic E-state index is 12.6. The van der Waals surface area contributed by atoms with Crippen LogP contribution < -0.4 is 0 Å². The lowest BCUT2D eigenvalue weighted by Gasteiger charge is -2.33.